The molecule has 1 heterocycles. The molecule has 5 nitrogen and oxygen atoms in total. The van der Waals surface area contributed by atoms with E-state index in [-0.39, 0.29) is 12.3 Å². The summed E-state index contributed by atoms with van der Waals surface area (Å²) in [6.45, 7) is 2.34. The van der Waals surface area contributed by atoms with Crippen LogP contribution in [0.3, 0.4) is 0 Å². The summed E-state index contributed by atoms with van der Waals surface area (Å²) in [5, 5.41) is 9.67. The highest BCUT2D eigenvalue weighted by atomic mass is 79.9. The summed E-state index contributed by atoms with van der Waals surface area (Å²) < 4.78 is 6.63. The number of ether oxygens (including phenoxy) is 1. The molecule has 3 aromatic rings. The molecule has 0 N–H and O–H groups in total. The van der Waals surface area contributed by atoms with E-state index < -0.39 is 0 Å². The van der Waals surface area contributed by atoms with E-state index in [1.54, 1.807) is 7.05 Å². The van der Waals surface area contributed by atoms with E-state index in [2.05, 4.69) is 26.1 Å². The minimum atomic E-state index is -0.0596. The zero-order chi connectivity index (χ0) is 18.5. The molecule has 0 saturated carbocycles. The normalized spacial score (nSPS) is 10.6. The number of hydrogen-bond donors (Lipinski definition) is 0. The Morgan fingerprint density at radius 2 is 1.81 bits per heavy atom. The number of carbonyl (C=O) groups is 1. The van der Waals surface area contributed by atoms with Crippen LogP contribution >= 0.6 is 27.3 Å². The summed E-state index contributed by atoms with van der Waals surface area (Å²) in [5.74, 6) is 0.704. The fraction of sp³-hybridized carbons (Fsp3) is 0.211. The topological polar surface area (TPSA) is 55.3 Å². The maximum Gasteiger partial charge on any atom is 0.231 e. The zero-order valence-electron chi connectivity index (χ0n) is 14.5. The van der Waals surface area contributed by atoms with Crippen LogP contribution in [0.5, 0.6) is 5.75 Å². The molecule has 0 radical (unpaired) electrons. The monoisotopic (exact) mass is 431 g/mol. The predicted molar refractivity (Wildman–Crippen MR) is 108 cm³/mol. The van der Waals surface area contributed by atoms with Crippen molar-refractivity contribution in [1.29, 1.82) is 0 Å². The smallest absolute Gasteiger partial charge is 0.231 e. The lowest BCUT2D eigenvalue weighted by molar-refractivity contribution is -0.118. The Hall–Kier alpha value is -2.25. The quantitative estimate of drug-likeness (QED) is 0.566. The van der Waals surface area contributed by atoms with Crippen LogP contribution in [0, 0.1) is 6.92 Å². The van der Waals surface area contributed by atoms with Gasteiger partial charge in [0.2, 0.25) is 11.0 Å². The van der Waals surface area contributed by atoms with Gasteiger partial charge >= 0.3 is 0 Å². The number of hydrogen-bond acceptors (Lipinski definition) is 5. The Labute approximate surface area is 164 Å². The standard InChI is InChI=1S/C19H18BrN3O2S/c1-13-3-9-16(10-4-13)25-12-11-17(24)23(2)19-22-21-18(26-19)14-5-7-15(20)8-6-14/h3-10H,11-12H2,1-2H3. The predicted octanol–water partition coefficient (Wildman–Crippen LogP) is 4.71. The van der Waals surface area contributed by atoms with Crippen LogP contribution in [0.1, 0.15) is 12.0 Å². The molecule has 26 heavy (non-hydrogen) atoms. The number of rotatable bonds is 6. The van der Waals surface area contributed by atoms with Gasteiger partial charge in [0.25, 0.3) is 0 Å². The highest BCUT2D eigenvalue weighted by Crippen LogP contribution is 2.29. The molecule has 1 amide bonds. The van der Waals surface area contributed by atoms with Crippen molar-refractivity contribution in [3.05, 3.63) is 58.6 Å². The van der Waals surface area contributed by atoms with Gasteiger partial charge < -0.3 is 4.74 Å². The van der Waals surface area contributed by atoms with Crippen LogP contribution in [0.2, 0.25) is 0 Å². The second kappa shape index (κ2) is 8.42. The first kappa shape index (κ1) is 18.5. The first-order valence-electron chi connectivity index (χ1n) is 8.08. The maximum atomic E-state index is 12.4. The van der Waals surface area contributed by atoms with E-state index in [4.69, 9.17) is 4.74 Å². The number of aromatic nitrogens is 2. The molecule has 0 saturated heterocycles. The fourth-order valence-electron chi connectivity index (χ4n) is 2.23. The third kappa shape index (κ3) is 4.68. The van der Waals surface area contributed by atoms with Crippen molar-refractivity contribution in [3.63, 3.8) is 0 Å². The molecule has 0 aliphatic heterocycles. The van der Waals surface area contributed by atoms with E-state index in [0.717, 1.165) is 20.8 Å². The number of benzene rings is 2. The average molecular weight is 432 g/mol. The van der Waals surface area contributed by atoms with Crippen LogP contribution in [0.25, 0.3) is 10.6 Å². The third-order valence-electron chi connectivity index (χ3n) is 3.77. The first-order chi connectivity index (χ1) is 12.5. The molecule has 0 spiro atoms. The third-order valence-corrected chi connectivity index (χ3v) is 5.35. The Kier molecular flexibility index (Phi) is 6.00. The fourth-order valence-corrected chi connectivity index (χ4v) is 3.32. The minimum Gasteiger partial charge on any atom is -0.493 e. The highest BCUT2D eigenvalue weighted by molar-refractivity contribution is 9.10. The molecule has 0 fully saturated rings. The summed E-state index contributed by atoms with van der Waals surface area (Å²) in [6.07, 6.45) is 0.275. The lowest BCUT2D eigenvalue weighted by atomic mass is 10.2. The second-order valence-corrected chi connectivity index (χ2v) is 7.63. The SMILES string of the molecule is Cc1ccc(OCCC(=O)N(C)c2nnc(-c3ccc(Br)cc3)s2)cc1. The van der Waals surface area contributed by atoms with Crippen LogP contribution in [-0.4, -0.2) is 29.8 Å². The molecule has 0 aliphatic rings. The summed E-state index contributed by atoms with van der Waals surface area (Å²) in [7, 11) is 1.71. The van der Waals surface area contributed by atoms with E-state index in [1.165, 1.54) is 21.8 Å². The van der Waals surface area contributed by atoms with Crippen molar-refractivity contribution in [2.45, 2.75) is 13.3 Å². The highest BCUT2D eigenvalue weighted by Gasteiger charge is 2.16. The summed E-state index contributed by atoms with van der Waals surface area (Å²) in [5.41, 5.74) is 2.14. The first-order valence-corrected chi connectivity index (χ1v) is 9.69. The number of carbonyl (C=O) groups excluding carboxylic acids is 1. The number of aryl methyl sites for hydroxylation is 1. The average Bonchev–Trinajstić information content (AvgIpc) is 3.13. The summed E-state index contributed by atoms with van der Waals surface area (Å²) in [4.78, 5) is 13.9. The van der Waals surface area contributed by atoms with Crippen molar-refractivity contribution in [2.75, 3.05) is 18.6 Å². The molecule has 0 unspecified atom stereocenters. The molecule has 2 aromatic carbocycles. The lowest BCUT2D eigenvalue weighted by Crippen LogP contribution is -2.27. The molecule has 1 aromatic heterocycles. The molecular weight excluding hydrogens is 414 g/mol. The van der Waals surface area contributed by atoms with E-state index in [0.29, 0.717) is 11.7 Å². The van der Waals surface area contributed by atoms with Crippen molar-refractivity contribution in [1.82, 2.24) is 10.2 Å². The molecule has 3 rings (SSSR count). The second-order valence-electron chi connectivity index (χ2n) is 5.76. The van der Waals surface area contributed by atoms with E-state index in [9.17, 15) is 4.79 Å². The van der Waals surface area contributed by atoms with Crippen molar-refractivity contribution < 1.29 is 9.53 Å². The molecular formula is C19H18BrN3O2S. The van der Waals surface area contributed by atoms with E-state index in [1.807, 2.05) is 55.5 Å². The summed E-state index contributed by atoms with van der Waals surface area (Å²) >= 11 is 4.80. The van der Waals surface area contributed by atoms with Crippen molar-refractivity contribution >= 4 is 38.3 Å². The number of halogens is 1. The Balaban J connectivity index is 1.56. The van der Waals surface area contributed by atoms with Gasteiger partial charge in [-0.05, 0) is 31.2 Å². The molecule has 0 atom stereocenters. The largest absolute Gasteiger partial charge is 0.493 e. The van der Waals surface area contributed by atoms with Crippen LogP contribution in [0.4, 0.5) is 5.13 Å². The Bertz CT molecular complexity index is 879. The molecule has 0 bridgehead atoms. The van der Waals surface area contributed by atoms with Crippen LogP contribution in [0.15, 0.2) is 53.0 Å². The van der Waals surface area contributed by atoms with Crippen LogP contribution in [-0.2, 0) is 4.79 Å². The van der Waals surface area contributed by atoms with Gasteiger partial charge in [-0.15, -0.1) is 10.2 Å². The number of nitrogens with zero attached hydrogens (tertiary/aromatic N) is 3. The molecule has 7 heteroatoms. The Morgan fingerprint density at radius 3 is 2.50 bits per heavy atom. The van der Waals surface area contributed by atoms with Crippen molar-refractivity contribution in [3.8, 4) is 16.3 Å². The van der Waals surface area contributed by atoms with Gasteiger partial charge in [0.05, 0.1) is 13.0 Å². The van der Waals surface area contributed by atoms with Gasteiger partial charge in [-0.2, -0.15) is 0 Å². The van der Waals surface area contributed by atoms with Gasteiger partial charge in [0.15, 0.2) is 0 Å². The van der Waals surface area contributed by atoms with Crippen molar-refractivity contribution in [2.24, 2.45) is 0 Å². The van der Waals surface area contributed by atoms with E-state index >= 15 is 0 Å². The van der Waals surface area contributed by atoms with Gasteiger partial charge in [-0.1, -0.05) is 57.1 Å². The van der Waals surface area contributed by atoms with Gasteiger partial charge in [0, 0.05) is 17.1 Å². The molecule has 134 valence electrons. The lowest BCUT2D eigenvalue weighted by Gasteiger charge is -2.13. The van der Waals surface area contributed by atoms with Gasteiger partial charge in [0.1, 0.15) is 10.8 Å². The zero-order valence-corrected chi connectivity index (χ0v) is 16.9. The Morgan fingerprint density at radius 1 is 1.12 bits per heavy atom. The minimum absolute atomic E-state index is 0.0596. The summed E-state index contributed by atoms with van der Waals surface area (Å²) in [6, 6.07) is 15.6. The number of anilines is 1. The van der Waals surface area contributed by atoms with Gasteiger partial charge in [-0.3, -0.25) is 9.69 Å². The molecule has 0 aliphatic carbocycles. The van der Waals surface area contributed by atoms with Crippen LogP contribution < -0.4 is 9.64 Å². The van der Waals surface area contributed by atoms with Gasteiger partial charge in [-0.25, -0.2) is 0 Å². The maximum absolute atomic E-state index is 12.4. The number of amides is 1.